The Kier molecular flexibility index (Phi) is 6.37. The van der Waals surface area contributed by atoms with E-state index in [1.165, 1.54) is 27.3 Å². The van der Waals surface area contributed by atoms with E-state index in [9.17, 15) is 0 Å². The minimum absolute atomic E-state index is 0.158. The molecule has 0 saturated heterocycles. The summed E-state index contributed by atoms with van der Waals surface area (Å²) >= 11 is 1.53. The third-order valence-electron chi connectivity index (χ3n) is 4.70. The molecule has 0 unspecified atom stereocenters. The van der Waals surface area contributed by atoms with E-state index in [0.717, 1.165) is 5.69 Å². The lowest BCUT2D eigenvalue weighted by Crippen LogP contribution is -2.27. The van der Waals surface area contributed by atoms with E-state index >= 15 is 0 Å². The molecule has 150 valence electrons. The fourth-order valence-electron chi connectivity index (χ4n) is 3.40. The first-order chi connectivity index (χ1) is 14.7. The first-order valence-corrected chi connectivity index (χ1v) is 12.7. The molecule has 0 fully saturated rings. The Bertz CT molecular complexity index is 1060. The normalized spacial score (nSPS) is 11.8. The number of benzene rings is 3. The molecule has 0 bridgehead atoms. The van der Waals surface area contributed by atoms with Gasteiger partial charge in [0.15, 0.2) is 0 Å². The van der Waals surface area contributed by atoms with Crippen molar-refractivity contribution < 1.29 is 0 Å². The van der Waals surface area contributed by atoms with Gasteiger partial charge in [0.05, 0.1) is 11.7 Å². The average molecular weight is 430 g/mol. The van der Waals surface area contributed by atoms with Gasteiger partial charge in [-0.15, -0.1) is 16.5 Å². The van der Waals surface area contributed by atoms with Gasteiger partial charge in [0.1, 0.15) is 0 Å². The van der Waals surface area contributed by atoms with Crippen LogP contribution in [-0.2, 0) is 0 Å². The van der Waals surface area contributed by atoms with Gasteiger partial charge < -0.3 is 0 Å². The van der Waals surface area contributed by atoms with Gasteiger partial charge in [-0.05, 0) is 42.4 Å². The highest BCUT2D eigenvalue weighted by Gasteiger charge is 2.25. The van der Waals surface area contributed by atoms with E-state index < -0.39 is 6.89 Å². The monoisotopic (exact) mass is 429 g/mol. The number of hydrogen-bond donors (Lipinski definition) is 0. The van der Waals surface area contributed by atoms with Gasteiger partial charge in [-0.25, -0.2) is 4.98 Å². The van der Waals surface area contributed by atoms with Gasteiger partial charge in [0.2, 0.25) is 5.13 Å². The van der Waals surface area contributed by atoms with Crippen LogP contribution in [0.25, 0.3) is 0 Å². The van der Waals surface area contributed by atoms with E-state index in [2.05, 4.69) is 112 Å². The molecule has 0 amide bonds. The van der Waals surface area contributed by atoms with Gasteiger partial charge in [0, 0.05) is 5.38 Å². The maximum absolute atomic E-state index is 4.77. The second-order valence-electron chi connectivity index (χ2n) is 7.22. The molecule has 4 rings (SSSR count). The molecule has 0 aliphatic rings. The van der Waals surface area contributed by atoms with Gasteiger partial charge in [-0.3, -0.25) is 0 Å². The summed E-state index contributed by atoms with van der Waals surface area (Å²) in [5.74, 6) is 2.36. The zero-order chi connectivity index (χ0) is 20.8. The van der Waals surface area contributed by atoms with Crippen molar-refractivity contribution in [2.45, 2.75) is 19.9 Å². The molecule has 0 aliphatic heterocycles. The van der Waals surface area contributed by atoms with Gasteiger partial charge >= 0.3 is 0 Å². The van der Waals surface area contributed by atoms with Crippen molar-refractivity contribution in [2.75, 3.05) is 0 Å². The van der Waals surface area contributed by atoms with Crippen molar-refractivity contribution in [3.8, 4) is 0 Å². The van der Waals surface area contributed by atoms with Crippen molar-refractivity contribution in [1.29, 1.82) is 0 Å². The van der Waals surface area contributed by atoms with Crippen LogP contribution in [0.4, 0.5) is 5.13 Å². The summed E-state index contributed by atoms with van der Waals surface area (Å²) in [7, 11) is 0. The van der Waals surface area contributed by atoms with Gasteiger partial charge in [-0.2, -0.15) is 5.11 Å². The minimum Gasteiger partial charge on any atom is -0.217 e. The smallest absolute Gasteiger partial charge is 0.217 e. The summed E-state index contributed by atoms with van der Waals surface area (Å²) in [5, 5.41) is 15.2. The maximum atomic E-state index is 4.77. The van der Waals surface area contributed by atoms with Crippen LogP contribution in [0.1, 0.15) is 19.5 Å². The number of hydrogen-bond acceptors (Lipinski definition) is 4. The number of thiazole rings is 1. The second kappa shape index (κ2) is 9.34. The molecule has 0 atom stereocenters. The number of rotatable bonds is 6. The fraction of sp³-hybridized carbons (Fsp3) is 0.120. The summed E-state index contributed by atoms with van der Waals surface area (Å²) in [6, 6.07) is 32.5. The first kappa shape index (κ1) is 20.5. The fourth-order valence-corrected chi connectivity index (χ4v) is 7.90. The molecule has 4 aromatic rings. The molecule has 30 heavy (non-hydrogen) atoms. The Hall–Kier alpha value is -2.81. The molecule has 0 saturated carbocycles. The van der Waals surface area contributed by atoms with Crippen LogP contribution >= 0.6 is 18.2 Å². The largest absolute Gasteiger partial charge is 0.230 e. The number of nitrogens with zero attached hydrogens (tertiary/aromatic N) is 3. The third-order valence-corrected chi connectivity index (χ3v) is 9.43. The van der Waals surface area contributed by atoms with Crippen molar-refractivity contribution in [3.05, 3.63) is 102 Å². The Morgan fingerprint density at radius 1 is 0.767 bits per heavy atom. The molecule has 3 aromatic carbocycles. The lowest BCUT2D eigenvalue weighted by Gasteiger charge is -2.28. The van der Waals surface area contributed by atoms with E-state index in [-0.39, 0.29) is 6.04 Å². The van der Waals surface area contributed by atoms with Crippen LogP contribution < -0.4 is 15.9 Å². The molecule has 0 aliphatic carbocycles. The molecule has 0 radical (unpaired) electrons. The zero-order valence-electron chi connectivity index (χ0n) is 17.1. The van der Waals surface area contributed by atoms with Crippen LogP contribution in [0.5, 0.6) is 0 Å². The molecule has 0 N–H and O–H groups in total. The maximum Gasteiger partial charge on any atom is 0.230 e. The highest BCUT2D eigenvalue weighted by atomic mass is 32.1. The van der Waals surface area contributed by atoms with Crippen molar-refractivity contribution in [1.82, 2.24) is 4.98 Å². The first-order valence-electron chi connectivity index (χ1n) is 9.96. The van der Waals surface area contributed by atoms with Crippen LogP contribution in [0.15, 0.2) is 107 Å². The Morgan fingerprint density at radius 2 is 1.23 bits per heavy atom. The lowest BCUT2D eigenvalue weighted by atomic mass is 10.4. The summed E-state index contributed by atoms with van der Waals surface area (Å²) in [5.41, 5.74) is 0.947. The van der Waals surface area contributed by atoms with E-state index in [0.29, 0.717) is 5.13 Å². The summed E-state index contributed by atoms with van der Waals surface area (Å²) < 4.78 is 0. The Balaban J connectivity index is 2.00. The third kappa shape index (κ3) is 4.35. The quantitative estimate of drug-likeness (QED) is 0.283. The molecule has 1 heterocycles. The minimum atomic E-state index is -2.05. The zero-order valence-corrected chi connectivity index (χ0v) is 18.8. The van der Waals surface area contributed by atoms with Crippen molar-refractivity contribution in [3.63, 3.8) is 0 Å². The second-order valence-corrected chi connectivity index (χ2v) is 11.3. The number of azo groups is 1. The predicted molar refractivity (Wildman–Crippen MR) is 132 cm³/mol. The van der Waals surface area contributed by atoms with Gasteiger partial charge in [0.25, 0.3) is 0 Å². The Labute approximate surface area is 182 Å². The van der Waals surface area contributed by atoms with E-state index in [4.69, 9.17) is 4.98 Å². The molecule has 1 aromatic heterocycles. The average Bonchev–Trinajstić information content (AvgIpc) is 3.25. The summed E-state index contributed by atoms with van der Waals surface area (Å²) in [4.78, 5) is 4.77. The van der Waals surface area contributed by atoms with Crippen LogP contribution in [0, 0.1) is 0 Å². The highest BCUT2D eigenvalue weighted by Crippen LogP contribution is 2.44. The van der Waals surface area contributed by atoms with Crippen LogP contribution in [-0.4, -0.2) is 16.8 Å². The standard InChI is InChI=1S/C25H24N3PS/c1-20(2)27-28-25-26-21(19-30-25)18-29(22-12-6-3-7-13-22,23-14-8-4-9-15-23)24-16-10-5-11-17-24/h3-20H,1-2H3. The molecular weight excluding hydrogens is 405 g/mol. The van der Waals surface area contributed by atoms with Crippen LogP contribution in [0.3, 0.4) is 0 Å². The summed E-state index contributed by atoms with van der Waals surface area (Å²) in [6.45, 7) is 1.98. The molecule has 0 spiro atoms. The van der Waals surface area contributed by atoms with E-state index in [1.807, 2.05) is 13.8 Å². The molecule has 5 heteroatoms. The highest BCUT2D eigenvalue weighted by molar-refractivity contribution is 7.94. The van der Waals surface area contributed by atoms with Gasteiger partial charge in [-0.1, -0.05) is 91.0 Å². The SMILES string of the molecule is CC(C)N=Nc1nc(C=P(c2ccccc2)(c2ccccc2)c2ccccc2)cs1. The molecular formula is C25H24N3PS. The summed E-state index contributed by atoms with van der Waals surface area (Å²) in [6.07, 6.45) is 0. The number of aromatic nitrogens is 1. The van der Waals surface area contributed by atoms with Crippen molar-refractivity contribution in [2.24, 2.45) is 10.2 Å². The van der Waals surface area contributed by atoms with Crippen LogP contribution in [0.2, 0.25) is 0 Å². The Morgan fingerprint density at radius 3 is 1.67 bits per heavy atom. The topological polar surface area (TPSA) is 37.6 Å². The van der Waals surface area contributed by atoms with E-state index in [1.54, 1.807) is 0 Å². The molecule has 3 nitrogen and oxygen atoms in total. The lowest BCUT2D eigenvalue weighted by molar-refractivity contribution is 0.778. The van der Waals surface area contributed by atoms with Crippen molar-refractivity contribution >= 4 is 45.1 Å². The predicted octanol–water partition coefficient (Wildman–Crippen LogP) is 5.78.